The maximum absolute atomic E-state index is 10.8. The summed E-state index contributed by atoms with van der Waals surface area (Å²) in [6.45, 7) is 0. The van der Waals surface area contributed by atoms with Crippen LogP contribution < -0.4 is 0 Å². The van der Waals surface area contributed by atoms with Crippen LogP contribution in [-0.4, -0.2) is 10.2 Å². The number of aryl methyl sites for hydroxylation is 2. The van der Waals surface area contributed by atoms with Gasteiger partial charge in [0.15, 0.2) is 0 Å². The van der Waals surface area contributed by atoms with Crippen LogP contribution in [0.2, 0.25) is 0 Å². The van der Waals surface area contributed by atoms with Gasteiger partial charge in [-0.1, -0.05) is 0 Å². The smallest absolute Gasteiger partial charge is 0.268 e. The average Bonchev–Trinajstić information content (AvgIpc) is 2.46. The second-order valence-corrected chi connectivity index (χ2v) is 3.51. The molecule has 3 heteroatoms. The van der Waals surface area contributed by atoms with Crippen LogP contribution in [0.1, 0.15) is 34.6 Å². The number of aromatic amines is 1. The van der Waals surface area contributed by atoms with E-state index in [1.807, 2.05) is 6.07 Å². The Morgan fingerprint density at radius 3 is 2.83 bits per heavy atom. The summed E-state index contributed by atoms with van der Waals surface area (Å²) in [6, 6.07) is 1.88. The third kappa shape index (κ3) is 1.27. The van der Waals surface area contributed by atoms with Crippen molar-refractivity contribution in [2.45, 2.75) is 25.7 Å². The van der Waals surface area contributed by atoms with Crippen LogP contribution in [-0.2, 0) is 12.8 Å². The zero-order valence-corrected chi connectivity index (χ0v) is 7.45. The van der Waals surface area contributed by atoms with E-state index in [2.05, 4.69) is 4.98 Å². The van der Waals surface area contributed by atoms with Crippen molar-refractivity contribution < 1.29 is 4.79 Å². The molecule has 0 spiro atoms. The van der Waals surface area contributed by atoms with Crippen LogP contribution >= 0.6 is 11.6 Å². The summed E-state index contributed by atoms with van der Waals surface area (Å²) in [5, 5.41) is -0.385. The quantitative estimate of drug-likeness (QED) is 0.666. The van der Waals surface area contributed by atoms with Crippen LogP contribution in [0.25, 0.3) is 0 Å². The summed E-state index contributed by atoms with van der Waals surface area (Å²) >= 11 is 5.35. The Morgan fingerprint density at radius 1 is 1.42 bits per heavy atom. The number of aromatic nitrogens is 1. The predicted molar refractivity (Wildman–Crippen MR) is 47.6 cm³/mol. The summed E-state index contributed by atoms with van der Waals surface area (Å²) in [5.74, 6) is 0. The van der Waals surface area contributed by atoms with E-state index >= 15 is 0 Å². The lowest BCUT2D eigenvalue weighted by Gasteiger charge is -2.08. The third-order valence-electron chi connectivity index (χ3n) is 2.33. The van der Waals surface area contributed by atoms with Crippen molar-refractivity contribution in [2.75, 3.05) is 0 Å². The standard InChI is InChI=1S/C9H10ClNO/c10-9(12)8-5-6-3-1-2-4-7(6)11-8/h5,11H,1-4H2. The van der Waals surface area contributed by atoms with E-state index in [0.717, 1.165) is 12.8 Å². The van der Waals surface area contributed by atoms with Gasteiger partial charge in [0.2, 0.25) is 0 Å². The highest BCUT2D eigenvalue weighted by Gasteiger charge is 2.14. The highest BCUT2D eigenvalue weighted by Crippen LogP contribution is 2.22. The minimum Gasteiger partial charge on any atom is -0.355 e. The lowest BCUT2D eigenvalue weighted by Crippen LogP contribution is -1.99. The van der Waals surface area contributed by atoms with E-state index in [1.54, 1.807) is 0 Å². The van der Waals surface area contributed by atoms with E-state index in [4.69, 9.17) is 11.6 Å². The number of halogens is 1. The van der Waals surface area contributed by atoms with Crippen LogP contribution in [0, 0.1) is 0 Å². The van der Waals surface area contributed by atoms with Crippen molar-refractivity contribution in [3.05, 3.63) is 23.0 Å². The molecule has 1 aromatic rings. The van der Waals surface area contributed by atoms with Crippen molar-refractivity contribution in [3.63, 3.8) is 0 Å². The summed E-state index contributed by atoms with van der Waals surface area (Å²) in [6.07, 6.45) is 4.57. The molecule has 2 nitrogen and oxygen atoms in total. The zero-order chi connectivity index (χ0) is 8.55. The first kappa shape index (κ1) is 7.87. The number of rotatable bonds is 1. The number of H-pyrrole nitrogens is 1. The highest BCUT2D eigenvalue weighted by atomic mass is 35.5. The van der Waals surface area contributed by atoms with Crippen LogP contribution in [0.15, 0.2) is 6.07 Å². The molecule has 64 valence electrons. The average molecular weight is 184 g/mol. The number of fused-ring (bicyclic) bond motifs is 1. The van der Waals surface area contributed by atoms with Gasteiger partial charge in [0.25, 0.3) is 5.24 Å². The summed E-state index contributed by atoms with van der Waals surface area (Å²) in [4.78, 5) is 13.8. The fraction of sp³-hybridized carbons (Fsp3) is 0.444. The molecule has 0 bridgehead atoms. The lowest BCUT2D eigenvalue weighted by molar-refractivity contribution is 0.107. The van der Waals surface area contributed by atoms with Crippen molar-refractivity contribution in [1.82, 2.24) is 4.98 Å². The number of carbonyl (C=O) groups excluding carboxylic acids is 1. The first-order chi connectivity index (χ1) is 5.77. The predicted octanol–water partition coefficient (Wildman–Crippen LogP) is 2.27. The molecule has 0 radical (unpaired) electrons. The molecule has 0 atom stereocenters. The first-order valence-electron chi connectivity index (χ1n) is 4.18. The van der Waals surface area contributed by atoms with Crippen LogP contribution in [0.3, 0.4) is 0 Å². The number of carbonyl (C=O) groups is 1. The van der Waals surface area contributed by atoms with Gasteiger partial charge >= 0.3 is 0 Å². The van der Waals surface area contributed by atoms with E-state index in [-0.39, 0.29) is 5.24 Å². The molecule has 1 aliphatic rings. The normalized spacial score (nSPS) is 15.8. The molecule has 1 aromatic heterocycles. The molecular weight excluding hydrogens is 174 g/mol. The van der Waals surface area contributed by atoms with Gasteiger partial charge in [-0.25, -0.2) is 0 Å². The molecular formula is C9H10ClNO. The fourth-order valence-corrected chi connectivity index (χ4v) is 1.81. The fourth-order valence-electron chi connectivity index (χ4n) is 1.71. The van der Waals surface area contributed by atoms with Gasteiger partial charge < -0.3 is 4.98 Å². The van der Waals surface area contributed by atoms with E-state index in [9.17, 15) is 4.79 Å². The van der Waals surface area contributed by atoms with Crippen LogP contribution in [0.4, 0.5) is 0 Å². The zero-order valence-electron chi connectivity index (χ0n) is 6.69. The Labute approximate surface area is 75.9 Å². The van der Waals surface area contributed by atoms with Gasteiger partial charge in [-0.15, -0.1) is 0 Å². The molecule has 1 heterocycles. The second kappa shape index (κ2) is 2.94. The largest absolute Gasteiger partial charge is 0.355 e. The Kier molecular flexibility index (Phi) is 1.93. The van der Waals surface area contributed by atoms with Crippen molar-refractivity contribution in [3.8, 4) is 0 Å². The van der Waals surface area contributed by atoms with Gasteiger partial charge in [0, 0.05) is 5.69 Å². The molecule has 12 heavy (non-hydrogen) atoms. The molecule has 0 saturated heterocycles. The van der Waals surface area contributed by atoms with Gasteiger partial charge in [-0.3, -0.25) is 4.79 Å². The van der Waals surface area contributed by atoms with E-state index in [0.29, 0.717) is 5.69 Å². The summed E-state index contributed by atoms with van der Waals surface area (Å²) < 4.78 is 0. The van der Waals surface area contributed by atoms with Gasteiger partial charge in [0.1, 0.15) is 0 Å². The van der Waals surface area contributed by atoms with Crippen LogP contribution in [0.5, 0.6) is 0 Å². The van der Waals surface area contributed by atoms with Crippen molar-refractivity contribution in [2.24, 2.45) is 0 Å². The van der Waals surface area contributed by atoms with Gasteiger partial charge in [-0.05, 0) is 48.9 Å². The maximum atomic E-state index is 10.8. The minimum atomic E-state index is -0.385. The van der Waals surface area contributed by atoms with Gasteiger partial charge in [-0.2, -0.15) is 0 Å². The Bertz CT molecular complexity index is 293. The summed E-state index contributed by atoms with van der Waals surface area (Å²) in [5.41, 5.74) is 3.01. The molecule has 0 fully saturated rings. The SMILES string of the molecule is O=C(Cl)c1cc2c([nH]1)CCCC2. The molecule has 0 aliphatic heterocycles. The molecule has 0 amide bonds. The monoisotopic (exact) mass is 183 g/mol. The van der Waals surface area contributed by atoms with Crippen molar-refractivity contribution >= 4 is 16.8 Å². The summed E-state index contributed by atoms with van der Waals surface area (Å²) in [7, 11) is 0. The first-order valence-corrected chi connectivity index (χ1v) is 4.56. The highest BCUT2D eigenvalue weighted by molar-refractivity contribution is 6.67. The molecule has 0 aromatic carbocycles. The molecule has 1 N–H and O–H groups in total. The van der Waals surface area contributed by atoms with E-state index in [1.165, 1.54) is 24.1 Å². The molecule has 0 saturated carbocycles. The number of hydrogen-bond donors (Lipinski definition) is 1. The Hall–Kier alpha value is -0.760. The van der Waals surface area contributed by atoms with E-state index < -0.39 is 0 Å². The molecule has 2 rings (SSSR count). The molecule has 1 aliphatic carbocycles. The Balaban J connectivity index is 2.38. The maximum Gasteiger partial charge on any atom is 0.268 e. The topological polar surface area (TPSA) is 32.9 Å². The minimum absolute atomic E-state index is 0.385. The third-order valence-corrected chi connectivity index (χ3v) is 2.53. The Morgan fingerprint density at radius 2 is 2.17 bits per heavy atom. The second-order valence-electron chi connectivity index (χ2n) is 3.17. The van der Waals surface area contributed by atoms with Gasteiger partial charge in [0.05, 0.1) is 5.69 Å². The van der Waals surface area contributed by atoms with Crippen molar-refractivity contribution in [1.29, 1.82) is 0 Å². The molecule has 0 unspecified atom stereocenters. The lowest BCUT2D eigenvalue weighted by atomic mass is 9.98. The number of nitrogens with one attached hydrogen (secondary N) is 1. The number of hydrogen-bond acceptors (Lipinski definition) is 1.